The molecule has 0 fully saturated rings. The predicted octanol–water partition coefficient (Wildman–Crippen LogP) is 3.06. The molecule has 0 bridgehead atoms. The van der Waals surface area contributed by atoms with E-state index in [1.54, 1.807) is 25.1 Å². The highest BCUT2D eigenvalue weighted by Crippen LogP contribution is 2.15. The molecule has 2 nitrogen and oxygen atoms in total. The van der Waals surface area contributed by atoms with Gasteiger partial charge in [-0.25, -0.2) is 4.39 Å². The van der Waals surface area contributed by atoms with Crippen molar-refractivity contribution in [2.45, 2.75) is 6.92 Å². The van der Waals surface area contributed by atoms with Gasteiger partial charge in [0.05, 0.1) is 10.2 Å². The van der Waals surface area contributed by atoms with Gasteiger partial charge in [-0.1, -0.05) is 18.2 Å². The van der Waals surface area contributed by atoms with Gasteiger partial charge in [0.15, 0.2) is 0 Å². The van der Waals surface area contributed by atoms with E-state index < -0.39 is 5.82 Å². The largest absolute Gasteiger partial charge is 0.319 e. The lowest BCUT2D eigenvalue weighted by Gasteiger charge is -2.04. The Kier molecular flexibility index (Phi) is 3.83. The van der Waals surface area contributed by atoms with E-state index in [9.17, 15) is 9.18 Å². The lowest BCUT2D eigenvalue weighted by molar-refractivity contribution is -0.112. The fourth-order valence-corrected chi connectivity index (χ4v) is 0.975. The molecule has 0 saturated heterocycles. The molecule has 0 spiro atoms. The Bertz CT molecular complexity index is 376. The Morgan fingerprint density at radius 3 is 2.71 bits per heavy atom. The maximum Gasteiger partial charge on any atom is 0.262 e. The van der Waals surface area contributed by atoms with E-state index in [2.05, 4.69) is 21.2 Å². The van der Waals surface area contributed by atoms with Crippen LogP contribution in [0.5, 0.6) is 0 Å². The maximum absolute atomic E-state index is 13.1. The number of para-hydroxylation sites is 1. The summed E-state index contributed by atoms with van der Waals surface area (Å²) in [6.45, 7) is 1.71. The third-order valence-corrected chi connectivity index (χ3v) is 2.41. The first-order chi connectivity index (χ1) is 6.65. The van der Waals surface area contributed by atoms with E-state index in [1.807, 2.05) is 0 Å². The van der Waals surface area contributed by atoms with Gasteiger partial charge in [-0.05, 0) is 35.0 Å². The van der Waals surface area contributed by atoms with Crippen LogP contribution in [-0.4, -0.2) is 5.91 Å². The standard InChI is InChI=1S/C10H9BrFNO/c1-2-7(11)10(14)13-9-6-4-3-5-8(9)12/h2-6H,1H3,(H,13,14)/b7-2-. The molecule has 0 saturated carbocycles. The van der Waals surface area contributed by atoms with Crippen molar-refractivity contribution in [3.63, 3.8) is 0 Å². The van der Waals surface area contributed by atoms with E-state index in [4.69, 9.17) is 0 Å². The van der Waals surface area contributed by atoms with Crippen LogP contribution < -0.4 is 5.32 Å². The van der Waals surface area contributed by atoms with Crippen molar-refractivity contribution in [1.29, 1.82) is 0 Å². The minimum absolute atomic E-state index is 0.177. The number of anilines is 1. The van der Waals surface area contributed by atoms with E-state index in [0.717, 1.165) is 0 Å². The Labute approximate surface area is 89.9 Å². The molecule has 0 heterocycles. The molecule has 14 heavy (non-hydrogen) atoms. The number of benzene rings is 1. The summed E-state index contributed by atoms with van der Waals surface area (Å²) < 4.78 is 13.4. The van der Waals surface area contributed by atoms with Crippen LogP contribution in [0.25, 0.3) is 0 Å². The number of hydrogen-bond donors (Lipinski definition) is 1. The fraction of sp³-hybridized carbons (Fsp3) is 0.100. The molecule has 0 aliphatic carbocycles. The molecule has 74 valence electrons. The van der Waals surface area contributed by atoms with Gasteiger partial charge in [-0.15, -0.1) is 0 Å². The van der Waals surface area contributed by atoms with Crippen LogP contribution in [-0.2, 0) is 4.79 Å². The summed E-state index contributed by atoms with van der Waals surface area (Å²) in [5.74, 6) is -0.810. The number of carbonyl (C=O) groups is 1. The average molecular weight is 258 g/mol. The third kappa shape index (κ3) is 2.67. The lowest BCUT2D eigenvalue weighted by atomic mass is 10.3. The summed E-state index contributed by atoms with van der Waals surface area (Å²) in [5, 5.41) is 2.43. The molecular formula is C10H9BrFNO. The smallest absolute Gasteiger partial charge is 0.262 e. The summed E-state index contributed by atoms with van der Waals surface area (Å²) in [5.41, 5.74) is 0.177. The highest BCUT2D eigenvalue weighted by atomic mass is 79.9. The second kappa shape index (κ2) is 4.91. The maximum atomic E-state index is 13.1. The minimum atomic E-state index is -0.447. The lowest BCUT2D eigenvalue weighted by Crippen LogP contribution is -2.12. The molecule has 0 radical (unpaired) electrons. The number of nitrogens with one attached hydrogen (secondary N) is 1. The molecule has 1 amide bonds. The zero-order valence-electron chi connectivity index (χ0n) is 7.55. The number of halogens is 2. The molecule has 1 aromatic carbocycles. The molecule has 0 atom stereocenters. The molecule has 1 aromatic rings. The first-order valence-corrected chi connectivity index (χ1v) is 4.82. The van der Waals surface area contributed by atoms with Gasteiger partial charge >= 0.3 is 0 Å². The predicted molar refractivity (Wildman–Crippen MR) is 57.7 cm³/mol. The van der Waals surface area contributed by atoms with Crippen molar-refractivity contribution in [2.75, 3.05) is 5.32 Å². The highest BCUT2D eigenvalue weighted by molar-refractivity contribution is 9.12. The van der Waals surface area contributed by atoms with Crippen LogP contribution in [0.1, 0.15) is 6.92 Å². The number of rotatable bonds is 2. The summed E-state index contributed by atoms with van der Waals surface area (Å²) in [6, 6.07) is 6.01. The number of amides is 1. The zero-order valence-corrected chi connectivity index (χ0v) is 9.14. The first-order valence-electron chi connectivity index (χ1n) is 4.03. The Hall–Kier alpha value is -1.16. The molecule has 0 aliphatic heterocycles. The van der Waals surface area contributed by atoms with Crippen LogP contribution in [0, 0.1) is 5.82 Å². The second-order valence-electron chi connectivity index (χ2n) is 2.57. The Balaban J connectivity index is 2.80. The van der Waals surface area contributed by atoms with Gasteiger partial charge in [0, 0.05) is 0 Å². The topological polar surface area (TPSA) is 29.1 Å². The molecule has 0 unspecified atom stereocenters. The quantitative estimate of drug-likeness (QED) is 0.811. The summed E-state index contributed by atoms with van der Waals surface area (Å²) in [6.07, 6.45) is 1.59. The minimum Gasteiger partial charge on any atom is -0.319 e. The van der Waals surface area contributed by atoms with E-state index in [1.165, 1.54) is 12.1 Å². The van der Waals surface area contributed by atoms with Gasteiger partial charge < -0.3 is 5.32 Å². The van der Waals surface area contributed by atoms with Crippen LogP contribution in [0.4, 0.5) is 10.1 Å². The van der Waals surface area contributed by atoms with Crippen molar-refractivity contribution in [2.24, 2.45) is 0 Å². The first kappa shape index (κ1) is 10.9. The summed E-state index contributed by atoms with van der Waals surface area (Å²) >= 11 is 3.05. The van der Waals surface area contributed by atoms with Crippen LogP contribution >= 0.6 is 15.9 Å². The van der Waals surface area contributed by atoms with E-state index >= 15 is 0 Å². The molecule has 1 rings (SSSR count). The third-order valence-electron chi connectivity index (χ3n) is 1.59. The monoisotopic (exact) mass is 257 g/mol. The Morgan fingerprint density at radius 2 is 2.14 bits per heavy atom. The molecule has 0 aromatic heterocycles. The fourth-order valence-electron chi connectivity index (χ4n) is 0.876. The number of hydrogen-bond acceptors (Lipinski definition) is 1. The van der Waals surface area contributed by atoms with Crippen molar-refractivity contribution in [3.8, 4) is 0 Å². The number of allylic oxidation sites excluding steroid dienone is 1. The van der Waals surface area contributed by atoms with Gasteiger partial charge in [0.1, 0.15) is 5.82 Å². The zero-order chi connectivity index (χ0) is 10.6. The molecule has 0 aliphatic rings. The van der Waals surface area contributed by atoms with Crippen LogP contribution in [0.15, 0.2) is 34.8 Å². The summed E-state index contributed by atoms with van der Waals surface area (Å²) in [7, 11) is 0. The van der Waals surface area contributed by atoms with Crippen molar-refractivity contribution < 1.29 is 9.18 Å². The van der Waals surface area contributed by atoms with E-state index in [-0.39, 0.29) is 11.6 Å². The second-order valence-corrected chi connectivity index (χ2v) is 3.42. The summed E-state index contributed by atoms with van der Waals surface area (Å²) in [4.78, 5) is 11.3. The normalized spacial score (nSPS) is 11.2. The van der Waals surface area contributed by atoms with Crippen molar-refractivity contribution in [3.05, 3.63) is 40.6 Å². The average Bonchev–Trinajstić information content (AvgIpc) is 2.20. The number of carbonyl (C=O) groups excluding carboxylic acids is 1. The Morgan fingerprint density at radius 1 is 1.50 bits per heavy atom. The van der Waals surface area contributed by atoms with Crippen molar-refractivity contribution >= 4 is 27.5 Å². The molecule has 1 N–H and O–H groups in total. The van der Waals surface area contributed by atoms with E-state index in [0.29, 0.717) is 4.48 Å². The molecular weight excluding hydrogens is 249 g/mol. The SMILES string of the molecule is C/C=C(\Br)C(=O)Nc1ccccc1F. The van der Waals surface area contributed by atoms with Gasteiger partial charge in [-0.3, -0.25) is 4.79 Å². The van der Waals surface area contributed by atoms with Crippen LogP contribution in [0.3, 0.4) is 0 Å². The van der Waals surface area contributed by atoms with Gasteiger partial charge in [0.2, 0.25) is 0 Å². The molecule has 4 heteroatoms. The van der Waals surface area contributed by atoms with Crippen molar-refractivity contribution in [1.82, 2.24) is 0 Å². The van der Waals surface area contributed by atoms with Gasteiger partial charge in [0.25, 0.3) is 5.91 Å². The van der Waals surface area contributed by atoms with Gasteiger partial charge in [-0.2, -0.15) is 0 Å². The van der Waals surface area contributed by atoms with Crippen LogP contribution in [0.2, 0.25) is 0 Å². The highest BCUT2D eigenvalue weighted by Gasteiger charge is 2.07.